The van der Waals surface area contributed by atoms with Gasteiger partial charge in [0.1, 0.15) is 29.3 Å². The maximum Gasteiger partial charge on any atom is 0.410 e. The average Bonchev–Trinajstić information content (AvgIpc) is 3.57. The Morgan fingerprint density at radius 3 is 2.31 bits per heavy atom. The lowest BCUT2D eigenvalue weighted by Gasteiger charge is -2.40. The number of Topliss-reactive ketones (excluding diaryl/α,β-unsaturated/α-hetero) is 2. The number of benzene rings is 1. The van der Waals surface area contributed by atoms with Crippen LogP contribution in [0.1, 0.15) is 80.6 Å². The lowest BCUT2D eigenvalue weighted by atomic mass is 9.75. The van der Waals surface area contributed by atoms with Crippen molar-refractivity contribution in [3.05, 3.63) is 30.5 Å². The second-order valence-corrected chi connectivity index (χ2v) is 13.4. The second-order valence-electron chi connectivity index (χ2n) is 13.4. The minimum absolute atomic E-state index is 0.0312. The van der Waals surface area contributed by atoms with Crippen molar-refractivity contribution in [2.75, 3.05) is 12.3 Å². The van der Waals surface area contributed by atoms with E-state index in [1.54, 1.807) is 23.4 Å². The molecule has 11 heteroatoms. The van der Waals surface area contributed by atoms with E-state index in [1.807, 2.05) is 65.1 Å². The topological polar surface area (TPSA) is 147 Å². The normalized spacial score (nSPS) is 31.7. The molecule has 0 aliphatic carbocycles. The molecule has 246 valence electrons. The number of carbonyl (C=O) groups is 4. The van der Waals surface area contributed by atoms with Gasteiger partial charge in [-0.25, -0.2) is 4.79 Å². The van der Waals surface area contributed by atoms with Gasteiger partial charge >= 0.3 is 12.1 Å². The van der Waals surface area contributed by atoms with Crippen molar-refractivity contribution in [3.63, 3.8) is 0 Å². The minimum Gasteiger partial charge on any atom is -0.458 e. The Morgan fingerprint density at radius 1 is 0.978 bits per heavy atom. The van der Waals surface area contributed by atoms with Crippen molar-refractivity contribution in [2.24, 2.45) is 29.6 Å². The van der Waals surface area contributed by atoms with Gasteiger partial charge in [-0.05, 0) is 64.0 Å². The molecule has 0 radical (unpaired) electrons. The first kappa shape index (κ1) is 34.1. The molecular formula is C34H49N5O6. The standard InChI is InChI=1S/C34H49N5O6/c1-8-28-34(7)31(23(5)29(40)21(3)16-20(2)17-22(4)30(41)24(6)32(42)44-28)39(33(43)45-34)15-10-9-14-38-19-27(36-37-38)25-12-11-13-26(35)18-25/h11-13,18-24,28,31H,8-10,14-17,35H2,1-7H3/t20-,21+,22+,23-,24+,28+,31-,34+/m0/s1. The van der Waals surface area contributed by atoms with E-state index in [1.165, 1.54) is 0 Å². The first-order chi connectivity index (χ1) is 21.3. The molecule has 4 rings (SSSR count). The van der Waals surface area contributed by atoms with Crippen LogP contribution in [0.2, 0.25) is 0 Å². The first-order valence-electron chi connectivity index (χ1n) is 16.3. The number of esters is 1. The van der Waals surface area contributed by atoms with Gasteiger partial charge < -0.3 is 20.1 Å². The zero-order chi connectivity index (χ0) is 33.1. The van der Waals surface area contributed by atoms with Crippen molar-refractivity contribution >= 4 is 29.3 Å². The summed E-state index contributed by atoms with van der Waals surface area (Å²) in [7, 11) is 0. The first-order valence-corrected chi connectivity index (χ1v) is 16.3. The molecule has 3 heterocycles. The molecule has 1 amide bonds. The number of unbranched alkanes of at least 4 members (excludes halogenated alkanes) is 1. The third-order valence-electron chi connectivity index (χ3n) is 9.68. The fourth-order valence-electron chi connectivity index (χ4n) is 7.31. The van der Waals surface area contributed by atoms with Crippen LogP contribution in [0.4, 0.5) is 10.5 Å². The van der Waals surface area contributed by atoms with Gasteiger partial charge in [0, 0.05) is 42.1 Å². The van der Waals surface area contributed by atoms with E-state index in [-0.39, 0.29) is 29.3 Å². The number of amides is 1. The number of cyclic esters (lactones) is 1. The van der Waals surface area contributed by atoms with E-state index >= 15 is 0 Å². The van der Waals surface area contributed by atoms with Crippen molar-refractivity contribution in [1.82, 2.24) is 19.9 Å². The van der Waals surface area contributed by atoms with Crippen molar-refractivity contribution in [3.8, 4) is 11.3 Å². The number of hydrogen-bond donors (Lipinski definition) is 1. The maximum absolute atomic E-state index is 13.9. The Bertz CT molecular complexity index is 1390. The summed E-state index contributed by atoms with van der Waals surface area (Å²) in [5.74, 6) is -2.78. The van der Waals surface area contributed by atoms with Crippen molar-refractivity contribution < 1.29 is 28.7 Å². The van der Waals surface area contributed by atoms with E-state index in [9.17, 15) is 19.2 Å². The molecule has 1 aromatic heterocycles. The Labute approximate surface area is 266 Å². The number of nitrogens with two attached hydrogens (primary N) is 1. The molecule has 2 aliphatic rings. The van der Waals surface area contributed by atoms with Gasteiger partial charge in [-0.2, -0.15) is 0 Å². The fourth-order valence-corrected chi connectivity index (χ4v) is 7.31. The molecule has 1 aromatic carbocycles. The highest BCUT2D eigenvalue weighted by atomic mass is 16.6. The highest BCUT2D eigenvalue weighted by Crippen LogP contribution is 2.41. The number of aryl methyl sites for hydroxylation is 1. The molecule has 0 bridgehead atoms. The number of aromatic nitrogens is 3. The van der Waals surface area contributed by atoms with E-state index in [4.69, 9.17) is 15.2 Å². The molecule has 2 fully saturated rings. The largest absolute Gasteiger partial charge is 0.458 e. The Kier molecular flexibility index (Phi) is 10.7. The van der Waals surface area contributed by atoms with Gasteiger partial charge in [-0.15, -0.1) is 5.10 Å². The molecule has 0 spiro atoms. The van der Waals surface area contributed by atoms with Crippen LogP contribution in [-0.2, 0) is 30.4 Å². The number of rotatable bonds is 7. The van der Waals surface area contributed by atoms with Crippen LogP contribution in [-0.4, -0.2) is 67.8 Å². The number of nitrogen functional groups attached to an aromatic ring is 1. The van der Waals surface area contributed by atoms with Crippen molar-refractivity contribution in [1.29, 1.82) is 0 Å². The molecule has 45 heavy (non-hydrogen) atoms. The summed E-state index contributed by atoms with van der Waals surface area (Å²) in [5.41, 5.74) is 6.89. The number of anilines is 1. The van der Waals surface area contributed by atoms with Crippen molar-refractivity contribution in [2.45, 2.75) is 105 Å². The smallest absolute Gasteiger partial charge is 0.410 e. The summed E-state index contributed by atoms with van der Waals surface area (Å²) in [6.07, 6.45) is 3.38. The van der Waals surface area contributed by atoms with Crippen LogP contribution >= 0.6 is 0 Å². The molecule has 2 saturated heterocycles. The SMILES string of the molecule is CC[C@H]1OC(=O)[C@H](C)C(=O)[C@H](C)C[C@@H](C)C[C@@H](C)C(=O)[C@H](C)[C@@H]2N(CCCCn3cc(-c4cccc(N)c4)nn3)C(=O)O[C@@]21C. The van der Waals surface area contributed by atoms with E-state index in [0.717, 1.165) is 11.3 Å². The summed E-state index contributed by atoms with van der Waals surface area (Å²) in [4.78, 5) is 55.4. The van der Waals surface area contributed by atoms with E-state index in [2.05, 4.69) is 10.3 Å². The second kappa shape index (κ2) is 14.1. The molecule has 11 nitrogen and oxygen atoms in total. The number of ether oxygens (including phenoxy) is 2. The average molecular weight is 624 g/mol. The number of ketones is 2. The van der Waals surface area contributed by atoms with Crippen LogP contribution in [0.3, 0.4) is 0 Å². The van der Waals surface area contributed by atoms with Crippen LogP contribution in [0.15, 0.2) is 30.5 Å². The summed E-state index contributed by atoms with van der Waals surface area (Å²) < 4.78 is 13.8. The summed E-state index contributed by atoms with van der Waals surface area (Å²) in [6.45, 7) is 13.8. The summed E-state index contributed by atoms with van der Waals surface area (Å²) in [5, 5.41) is 8.50. The Morgan fingerprint density at radius 2 is 1.64 bits per heavy atom. The summed E-state index contributed by atoms with van der Waals surface area (Å²) in [6, 6.07) is 6.81. The van der Waals surface area contributed by atoms with Gasteiger partial charge in [-0.3, -0.25) is 19.1 Å². The number of nitrogens with zero attached hydrogens (tertiary/aromatic N) is 4. The van der Waals surface area contributed by atoms with Gasteiger partial charge in [0.05, 0.1) is 12.2 Å². The highest BCUT2D eigenvalue weighted by molar-refractivity contribution is 5.99. The third kappa shape index (κ3) is 7.39. The number of hydrogen-bond acceptors (Lipinski definition) is 9. The predicted octanol–water partition coefficient (Wildman–Crippen LogP) is 5.32. The molecular weight excluding hydrogens is 574 g/mol. The predicted molar refractivity (Wildman–Crippen MR) is 170 cm³/mol. The van der Waals surface area contributed by atoms with Crippen LogP contribution in [0, 0.1) is 29.6 Å². The lowest BCUT2D eigenvalue weighted by Crippen LogP contribution is -2.57. The van der Waals surface area contributed by atoms with Gasteiger partial charge in [-0.1, -0.05) is 52.0 Å². The maximum atomic E-state index is 13.9. The third-order valence-corrected chi connectivity index (χ3v) is 9.68. The monoisotopic (exact) mass is 623 g/mol. The Balaban J connectivity index is 1.54. The molecule has 8 atom stereocenters. The number of fused-ring (bicyclic) bond motifs is 1. The molecule has 2 aromatic rings. The zero-order valence-electron chi connectivity index (χ0n) is 27.7. The summed E-state index contributed by atoms with van der Waals surface area (Å²) >= 11 is 0. The van der Waals surface area contributed by atoms with E-state index < -0.39 is 41.6 Å². The Hall–Kier alpha value is -3.76. The van der Waals surface area contributed by atoms with Gasteiger partial charge in [0.2, 0.25) is 0 Å². The molecule has 2 aliphatic heterocycles. The van der Waals surface area contributed by atoms with Gasteiger partial charge in [0.25, 0.3) is 0 Å². The molecule has 0 saturated carbocycles. The lowest BCUT2D eigenvalue weighted by molar-refractivity contribution is -0.171. The van der Waals surface area contributed by atoms with Crippen LogP contribution < -0.4 is 5.73 Å². The zero-order valence-corrected chi connectivity index (χ0v) is 27.7. The van der Waals surface area contributed by atoms with Crippen LogP contribution in [0.5, 0.6) is 0 Å². The number of carbonyl (C=O) groups excluding carboxylic acids is 4. The molecule has 0 unspecified atom stereocenters. The quantitative estimate of drug-likeness (QED) is 0.187. The van der Waals surface area contributed by atoms with Gasteiger partial charge in [0.15, 0.2) is 5.60 Å². The molecule has 2 N–H and O–H groups in total. The fraction of sp³-hybridized carbons (Fsp3) is 0.647. The minimum atomic E-state index is -1.28. The van der Waals surface area contributed by atoms with E-state index in [0.29, 0.717) is 50.9 Å². The highest BCUT2D eigenvalue weighted by Gasteiger charge is 2.59. The van der Waals surface area contributed by atoms with Crippen LogP contribution in [0.25, 0.3) is 11.3 Å².